The number of H-pyrrole nitrogens is 1. The van der Waals surface area contributed by atoms with Gasteiger partial charge < -0.3 is 19.4 Å². The summed E-state index contributed by atoms with van der Waals surface area (Å²) in [5.74, 6) is 0.953. The average Bonchev–Trinajstić information content (AvgIpc) is 2.90. The van der Waals surface area contributed by atoms with Gasteiger partial charge in [-0.3, -0.25) is 4.79 Å². The minimum atomic E-state index is 0.150. The number of nitrogens with one attached hydrogen (secondary N) is 1. The van der Waals surface area contributed by atoms with Crippen LogP contribution in [0.2, 0.25) is 0 Å². The highest BCUT2D eigenvalue weighted by atomic mass is 16.5. The normalized spacial score (nSPS) is 15.6. The van der Waals surface area contributed by atoms with Crippen LogP contribution in [-0.2, 0) is 16.0 Å². The molecule has 1 aliphatic rings. The van der Waals surface area contributed by atoms with E-state index in [1.165, 1.54) is 0 Å². The molecule has 1 saturated heterocycles. The first-order valence-corrected chi connectivity index (χ1v) is 6.77. The summed E-state index contributed by atoms with van der Waals surface area (Å²) in [6, 6.07) is 5.84. The van der Waals surface area contributed by atoms with Crippen LogP contribution in [0.1, 0.15) is 5.56 Å². The number of aromatic amines is 1. The van der Waals surface area contributed by atoms with Crippen LogP contribution in [-0.4, -0.2) is 49.2 Å². The van der Waals surface area contributed by atoms with E-state index >= 15 is 0 Å². The maximum Gasteiger partial charge on any atom is 0.227 e. The Bertz CT molecular complexity index is 615. The van der Waals surface area contributed by atoms with E-state index in [1.807, 2.05) is 29.3 Å². The fraction of sp³-hybridized carbons (Fsp3) is 0.400. The second kappa shape index (κ2) is 5.54. The van der Waals surface area contributed by atoms with E-state index < -0.39 is 0 Å². The number of nitrogens with zero attached hydrogens (tertiary/aromatic N) is 1. The predicted molar refractivity (Wildman–Crippen MR) is 76.0 cm³/mol. The number of benzene rings is 1. The van der Waals surface area contributed by atoms with Crippen LogP contribution in [0, 0.1) is 0 Å². The molecule has 2 aromatic rings. The molecule has 20 heavy (non-hydrogen) atoms. The van der Waals surface area contributed by atoms with E-state index in [-0.39, 0.29) is 5.91 Å². The van der Waals surface area contributed by atoms with E-state index in [0.717, 1.165) is 22.2 Å². The molecule has 1 aromatic carbocycles. The molecule has 1 amide bonds. The van der Waals surface area contributed by atoms with Gasteiger partial charge in [0.1, 0.15) is 5.75 Å². The van der Waals surface area contributed by atoms with Crippen LogP contribution < -0.4 is 4.74 Å². The molecular formula is C15H18N2O3. The SMILES string of the molecule is COc1ccc2[nH]cc(CC(=O)N3CCOCC3)c2c1. The zero-order chi connectivity index (χ0) is 13.9. The van der Waals surface area contributed by atoms with Gasteiger partial charge in [0.05, 0.1) is 26.7 Å². The molecule has 2 heterocycles. The lowest BCUT2D eigenvalue weighted by atomic mass is 10.1. The van der Waals surface area contributed by atoms with Crippen LogP contribution >= 0.6 is 0 Å². The second-order valence-electron chi connectivity index (χ2n) is 4.90. The molecule has 0 aliphatic carbocycles. The van der Waals surface area contributed by atoms with Gasteiger partial charge in [-0.25, -0.2) is 0 Å². The number of hydrogen-bond donors (Lipinski definition) is 1. The summed E-state index contributed by atoms with van der Waals surface area (Å²) in [5, 5.41) is 1.05. The summed E-state index contributed by atoms with van der Waals surface area (Å²) >= 11 is 0. The molecule has 0 unspecified atom stereocenters. The Morgan fingerprint density at radius 1 is 1.40 bits per heavy atom. The zero-order valence-corrected chi connectivity index (χ0v) is 11.5. The predicted octanol–water partition coefficient (Wildman–Crippen LogP) is 1.58. The van der Waals surface area contributed by atoms with Crippen LogP contribution in [0.25, 0.3) is 10.9 Å². The van der Waals surface area contributed by atoms with E-state index in [1.54, 1.807) is 7.11 Å². The number of carbonyl (C=O) groups is 1. The van der Waals surface area contributed by atoms with Crippen LogP contribution in [0.5, 0.6) is 5.75 Å². The Balaban J connectivity index is 1.81. The largest absolute Gasteiger partial charge is 0.497 e. The molecule has 3 rings (SSSR count). The Kier molecular flexibility index (Phi) is 3.60. The van der Waals surface area contributed by atoms with Gasteiger partial charge in [0.25, 0.3) is 0 Å². The molecule has 5 nitrogen and oxygen atoms in total. The summed E-state index contributed by atoms with van der Waals surface area (Å²) in [5.41, 5.74) is 2.03. The van der Waals surface area contributed by atoms with Gasteiger partial charge in [0.15, 0.2) is 0 Å². The number of hydrogen-bond acceptors (Lipinski definition) is 3. The Labute approximate surface area is 117 Å². The van der Waals surface area contributed by atoms with Gasteiger partial charge in [-0.2, -0.15) is 0 Å². The Morgan fingerprint density at radius 2 is 2.20 bits per heavy atom. The summed E-state index contributed by atoms with van der Waals surface area (Å²) in [6.07, 6.45) is 2.32. The molecule has 0 radical (unpaired) electrons. The van der Waals surface area contributed by atoms with Gasteiger partial charge in [0, 0.05) is 30.2 Å². The third kappa shape index (κ3) is 2.49. The Hall–Kier alpha value is -2.01. The molecule has 1 N–H and O–H groups in total. The monoisotopic (exact) mass is 274 g/mol. The highest BCUT2D eigenvalue weighted by Crippen LogP contribution is 2.24. The van der Waals surface area contributed by atoms with Crippen molar-refractivity contribution in [2.75, 3.05) is 33.4 Å². The number of aromatic nitrogens is 1. The fourth-order valence-corrected chi connectivity index (χ4v) is 2.52. The highest BCUT2D eigenvalue weighted by Gasteiger charge is 2.18. The van der Waals surface area contributed by atoms with Crippen molar-refractivity contribution in [3.63, 3.8) is 0 Å². The first-order valence-electron chi connectivity index (χ1n) is 6.77. The Morgan fingerprint density at radius 3 is 2.95 bits per heavy atom. The van der Waals surface area contributed by atoms with Crippen molar-refractivity contribution < 1.29 is 14.3 Å². The lowest BCUT2D eigenvalue weighted by Crippen LogP contribution is -2.41. The first kappa shape index (κ1) is 13.0. The molecule has 0 atom stereocenters. The van der Waals surface area contributed by atoms with E-state index in [2.05, 4.69) is 4.98 Å². The van der Waals surface area contributed by atoms with E-state index in [4.69, 9.17) is 9.47 Å². The van der Waals surface area contributed by atoms with Crippen LogP contribution in [0.15, 0.2) is 24.4 Å². The quantitative estimate of drug-likeness (QED) is 0.924. The number of fused-ring (bicyclic) bond motifs is 1. The van der Waals surface area contributed by atoms with E-state index in [9.17, 15) is 4.79 Å². The number of rotatable bonds is 3. The van der Waals surface area contributed by atoms with Crippen molar-refractivity contribution in [3.8, 4) is 5.75 Å². The number of ether oxygens (including phenoxy) is 2. The molecule has 0 saturated carbocycles. The maximum atomic E-state index is 12.3. The minimum absolute atomic E-state index is 0.150. The third-order valence-corrected chi connectivity index (χ3v) is 3.68. The van der Waals surface area contributed by atoms with Crippen molar-refractivity contribution in [1.29, 1.82) is 0 Å². The first-order chi connectivity index (χ1) is 9.78. The number of methoxy groups -OCH3 is 1. The smallest absolute Gasteiger partial charge is 0.227 e. The van der Waals surface area contributed by atoms with Crippen molar-refractivity contribution in [1.82, 2.24) is 9.88 Å². The summed E-state index contributed by atoms with van der Waals surface area (Å²) in [6.45, 7) is 2.63. The van der Waals surface area contributed by atoms with Gasteiger partial charge in [-0.1, -0.05) is 0 Å². The molecule has 5 heteroatoms. The van der Waals surface area contributed by atoms with Crippen molar-refractivity contribution in [2.24, 2.45) is 0 Å². The molecule has 106 valence electrons. The van der Waals surface area contributed by atoms with Crippen LogP contribution in [0.3, 0.4) is 0 Å². The van der Waals surface area contributed by atoms with Gasteiger partial charge in [0.2, 0.25) is 5.91 Å². The van der Waals surface area contributed by atoms with Gasteiger partial charge >= 0.3 is 0 Å². The molecule has 1 aromatic heterocycles. The lowest BCUT2D eigenvalue weighted by Gasteiger charge is -2.26. The molecule has 1 fully saturated rings. The van der Waals surface area contributed by atoms with Crippen molar-refractivity contribution in [2.45, 2.75) is 6.42 Å². The lowest BCUT2D eigenvalue weighted by molar-refractivity contribution is -0.134. The molecule has 1 aliphatic heterocycles. The van der Waals surface area contributed by atoms with E-state index in [0.29, 0.717) is 32.7 Å². The standard InChI is InChI=1S/C15H18N2O3/c1-19-12-2-3-14-13(9-12)11(10-16-14)8-15(18)17-4-6-20-7-5-17/h2-3,9-10,16H,4-8H2,1H3. The maximum absolute atomic E-state index is 12.3. The number of morpholine rings is 1. The fourth-order valence-electron chi connectivity index (χ4n) is 2.52. The average molecular weight is 274 g/mol. The molecular weight excluding hydrogens is 256 g/mol. The van der Waals surface area contributed by atoms with Gasteiger partial charge in [-0.05, 0) is 23.8 Å². The zero-order valence-electron chi connectivity index (χ0n) is 11.5. The van der Waals surface area contributed by atoms with Gasteiger partial charge in [-0.15, -0.1) is 0 Å². The summed E-state index contributed by atoms with van der Waals surface area (Å²) < 4.78 is 10.5. The molecule has 0 spiro atoms. The van der Waals surface area contributed by atoms with Crippen molar-refractivity contribution >= 4 is 16.8 Å². The number of amides is 1. The molecule has 0 bridgehead atoms. The van der Waals surface area contributed by atoms with Crippen LogP contribution in [0.4, 0.5) is 0 Å². The third-order valence-electron chi connectivity index (χ3n) is 3.68. The minimum Gasteiger partial charge on any atom is -0.497 e. The number of carbonyl (C=O) groups excluding carboxylic acids is 1. The highest BCUT2D eigenvalue weighted by molar-refractivity contribution is 5.89. The summed E-state index contributed by atoms with van der Waals surface area (Å²) in [7, 11) is 1.65. The topological polar surface area (TPSA) is 54.6 Å². The second-order valence-corrected chi connectivity index (χ2v) is 4.90. The summed E-state index contributed by atoms with van der Waals surface area (Å²) in [4.78, 5) is 17.3. The van der Waals surface area contributed by atoms with Crippen molar-refractivity contribution in [3.05, 3.63) is 30.0 Å².